The third-order valence-electron chi connectivity index (χ3n) is 7.15. The first-order valence-corrected chi connectivity index (χ1v) is 12.1. The molecule has 0 aliphatic carbocycles. The Balaban J connectivity index is 1.37. The number of fused-ring (bicyclic) bond motifs is 1. The largest absolute Gasteiger partial charge is 0.497 e. The molecule has 0 saturated carbocycles. The second-order valence-corrected chi connectivity index (χ2v) is 9.38. The first-order valence-electron chi connectivity index (χ1n) is 12.1. The Morgan fingerprint density at radius 3 is 2.55 bits per heavy atom. The van der Waals surface area contributed by atoms with Crippen LogP contribution in [0.1, 0.15) is 37.4 Å². The van der Waals surface area contributed by atoms with Gasteiger partial charge in [0.05, 0.1) is 24.2 Å². The van der Waals surface area contributed by atoms with Crippen LogP contribution in [0, 0.1) is 28.7 Å². The smallest absolute Gasteiger partial charge is 0.309 e. The number of benzene rings is 2. The van der Waals surface area contributed by atoms with Crippen LogP contribution in [0.5, 0.6) is 11.5 Å². The van der Waals surface area contributed by atoms with Crippen molar-refractivity contribution in [3.05, 3.63) is 65.4 Å². The van der Waals surface area contributed by atoms with Gasteiger partial charge in [-0.2, -0.15) is 4.39 Å². The Morgan fingerprint density at radius 2 is 1.87 bits per heavy atom. The van der Waals surface area contributed by atoms with Crippen LogP contribution in [0.2, 0.25) is 0 Å². The molecule has 6 nitrogen and oxygen atoms in total. The first kappa shape index (κ1) is 27.6. The number of likely N-dealkylation sites (tertiary alicyclic amines) is 1. The van der Waals surface area contributed by atoms with Crippen LogP contribution >= 0.6 is 0 Å². The summed E-state index contributed by atoms with van der Waals surface area (Å²) in [6, 6.07) is 5.91. The summed E-state index contributed by atoms with van der Waals surface area (Å²) in [5.74, 6) is -5.59. The zero-order chi connectivity index (χ0) is 27.4. The number of carboxylic acids is 1. The molecule has 1 atom stereocenters. The minimum absolute atomic E-state index is 0.00511. The number of methoxy groups -OCH3 is 1. The predicted octanol–water partition coefficient (Wildman–Crippen LogP) is 5.84. The summed E-state index contributed by atoms with van der Waals surface area (Å²) in [6.45, 7) is 0.895. The molecule has 0 amide bonds. The average Bonchev–Trinajstić information content (AvgIpc) is 2.90. The molecule has 0 radical (unpaired) electrons. The van der Waals surface area contributed by atoms with Crippen molar-refractivity contribution in [2.75, 3.05) is 33.4 Å². The van der Waals surface area contributed by atoms with E-state index in [4.69, 9.17) is 9.47 Å². The van der Waals surface area contributed by atoms with E-state index in [0.717, 1.165) is 12.3 Å². The highest BCUT2D eigenvalue weighted by atomic mass is 19.2. The zero-order valence-electron chi connectivity index (χ0n) is 20.7. The van der Waals surface area contributed by atoms with Crippen molar-refractivity contribution in [1.82, 2.24) is 9.88 Å². The number of hydrogen-bond donors (Lipinski definition) is 1. The lowest BCUT2D eigenvalue weighted by Crippen LogP contribution is -2.45. The van der Waals surface area contributed by atoms with Gasteiger partial charge in [-0.05, 0) is 57.0 Å². The van der Waals surface area contributed by atoms with Gasteiger partial charge in [0.15, 0.2) is 11.6 Å². The SMILES string of the molecule is COc1ccc2ncc(F)c([C@@H](F)CCC3(C(=O)O)CCN(CCOc4cc(F)cc(F)c4F)CC3)c2c1. The number of aliphatic carboxylic acids is 1. The van der Waals surface area contributed by atoms with Crippen LogP contribution in [-0.4, -0.2) is 54.3 Å². The number of hydrogen-bond acceptors (Lipinski definition) is 5. The van der Waals surface area contributed by atoms with Crippen molar-refractivity contribution in [2.24, 2.45) is 5.41 Å². The molecule has 204 valence electrons. The molecule has 1 fully saturated rings. The maximum absolute atomic E-state index is 15.4. The molecule has 2 aromatic carbocycles. The van der Waals surface area contributed by atoms with Crippen molar-refractivity contribution >= 4 is 16.9 Å². The molecule has 0 spiro atoms. The van der Waals surface area contributed by atoms with Gasteiger partial charge in [0.2, 0.25) is 5.82 Å². The van der Waals surface area contributed by atoms with Crippen LogP contribution in [0.15, 0.2) is 36.5 Å². The summed E-state index contributed by atoms with van der Waals surface area (Å²) in [5.41, 5.74) is -0.976. The fourth-order valence-corrected chi connectivity index (χ4v) is 4.86. The predicted molar refractivity (Wildman–Crippen MR) is 129 cm³/mol. The van der Waals surface area contributed by atoms with E-state index in [2.05, 4.69) is 4.98 Å². The number of nitrogens with zero attached hydrogens (tertiary/aromatic N) is 2. The first-order chi connectivity index (χ1) is 18.1. The number of pyridine rings is 1. The number of halogens is 5. The molecule has 3 aromatic rings. The number of aromatic nitrogens is 1. The van der Waals surface area contributed by atoms with Crippen molar-refractivity contribution in [1.29, 1.82) is 0 Å². The standard InChI is InChI=1S/C27H27F5N2O4/c1-37-17-2-3-22-18(14-17)24(21(31)15-33-22)19(29)4-5-27(26(35)36)6-8-34(9-7-27)10-11-38-23-13-16(28)12-20(30)25(23)32/h2-3,12-15,19H,4-11H2,1H3,(H,35,36)/t19-/m0/s1. The Kier molecular flexibility index (Phi) is 8.35. The van der Waals surface area contributed by atoms with Crippen molar-refractivity contribution in [3.8, 4) is 11.5 Å². The molecule has 1 aliphatic heterocycles. The minimum Gasteiger partial charge on any atom is -0.497 e. The number of rotatable bonds is 10. The lowest BCUT2D eigenvalue weighted by molar-refractivity contribution is -0.153. The van der Waals surface area contributed by atoms with E-state index in [1.807, 2.05) is 4.90 Å². The quantitative estimate of drug-likeness (QED) is 0.259. The van der Waals surface area contributed by atoms with E-state index in [1.165, 1.54) is 13.2 Å². The molecule has 0 unspecified atom stereocenters. The van der Waals surface area contributed by atoms with E-state index in [9.17, 15) is 27.5 Å². The highest BCUT2D eigenvalue weighted by Gasteiger charge is 2.42. The molecule has 11 heteroatoms. The van der Waals surface area contributed by atoms with Gasteiger partial charge in [-0.3, -0.25) is 14.7 Å². The van der Waals surface area contributed by atoms with E-state index >= 15 is 4.39 Å². The summed E-state index contributed by atoms with van der Waals surface area (Å²) in [7, 11) is 1.44. The minimum atomic E-state index is -1.75. The Hall–Kier alpha value is -3.47. The summed E-state index contributed by atoms with van der Waals surface area (Å²) < 4.78 is 80.8. The molecule has 4 rings (SSSR count). The summed E-state index contributed by atoms with van der Waals surface area (Å²) >= 11 is 0. The summed E-state index contributed by atoms with van der Waals surface area (Å²) in [5, 5.41) is 10.3. The highest BCUT2D eigenvalue weighted by molar-refractivity contribution is 5.84. The molecular formula is C27H27F5N2O4. The van der Waals surface area contributed by atoms with E-state index < -0.39 is 46.6 Å². The number of carbonyl (C=O) groups is 1. The number of carboxylic acid groups (broad SMARTS) is 1. The molecular weight excluding hydrogens is 511 g/mol. The van der Waals surface area contributed by atoms with Crippen LogP contribution in [-0.2, 0) is 4.79 Å². The summed E-state index contributed by atoms with van der Waals surface area (Å²) in [4.78, 5) is 18.1. The molecule has 1 aromatic heterocycles. The Labute approximate surface area is 216 Å². The maximum Gasteiger partial charge on any atom is 0.309 e. The zero-order valence-corrected chi connectivity index (χ0v) is 20.7. The number of alkyl halides is 1. The van der Waals surface area contributed by atoms with Gasteiger partial charge >= 0.3 is 5.97 Å². The third kappa shape index (κ3) is 5.82. The second kappa shape index (κ2) is 11.5. The maximum atomic E-state index is 15.4. The lowest BCUT2D eigenvalue weighted by atomic mass is 9.74. The van der Waals surface area contributed by atoms with Gasteiger partial charge in [-0.25, -0.2) is 17.6 Å². The summed E-state index contributed by atoms with van der Waals surface area (Å²) in [6.07, 6.45) is -0.579. The second-order valence-electron chi connectivity index (χ2n) is 9.38. The fraction of sp³-hybridized carbons (Fsp3) is 0.407. The van der Waals surface area contributed by atoms with Gasteiger partial charge in [0.1, 0.15) is 30.2 Å². The topological polar surface area (TPSA) is 71.9 Å². The van der Waals surface area contributed by atoms with Crippen LogP contribution in [0.3, 0.4) is 0 Å². The van der Waals surface area contributed by atoms with Gasteiger partial charge in [0.25, 0.3) is 0 Å². The van der Waals surface area contributed by atoms with Crippen molar-refractivity contribution in [3.63, 3.8) is 0 Å². The van der Waals surface area contributed by atoms with Crippen LogP contribution in [0.25, 0.3) is 10.9 Å². The molecule has 38 heavy (non-hydrogen) atoms. The van der Waals surface area contributed by atoms with Gasteiger partial charge in [-0.15, -0.1) is 0 Å². The fourth-order valence-electron chi connectivity index (χ4n) is 4.86. The van der Waals surface area contributed by atoms with Crippen molar-refractivity contribution < 1.29 is 41.3 Å². The van der Waals surface area contributed by atoms with Crippen LogP contribution in [0.4, 0.5) is 22.0 Å². The van der Waals surface area contributed by atoms with Crippen LogP contribution < -0.4 is 9.47 Å². The van der Waals surface area contributed by atoms with E-state index in [1.54, 1.807) is 12.1 Å². The van der Waals surface area contributed by atoms with Gasteiger partial charge in [-0.1, -0.05) is 0 Å². The molecule has 2 heterocycles. The van der Waals surface area contributed by atoms with Gasteiger partial charge < -0.3 is 14.6 Å². The van der Waals surface area contributed by atoms with E-state index in [-0.39, 0.29) is 49.8 Å². The van der Waals surface area contributed by atoms with E-state index in [0.29, 0.717) is 30.4 Å². The Bertz CT molecular complexity index is 1310. The third-order valence-corrected chi connectivity index (χ3v) is 7.15. The highest BCUT2D eigenvalue weighted by Crippen LogP contribution is 2.41. The number of piperidine rings is 1. The Morgan fingerprint density at radius 1 is 1.13 bits per heavy atom. The average molecular weight is 539 g/mol. The molecule has 1 saturated heterocycles. The monoisotopic (exact) mass is 538 g/mol. The van der Waals surface area contributed by atoms with Crippen molar-refractivity contribution in [2.45, 2.75) is 31.9 Å². The molecule has 1 aliphatic rings. The molecule has 0 bridgehead atoms. The number of ether oxygens (including phenoxy) is 2. The lowest BCUT2D eigenvalue weighted by Gasteiger charge is -2.39. The normalized spacial score (nSPS) is 16.4. The van der Waals surface area contributed by atoms with Gasteiger partial charge in [0, 0.05) is 29.6 Å². The molecule has 1 N–H and O–H groups in total.